The number of nitrogens with one attached hydrogen (secondary N) is 2. The zero-order chi connectivity index (χ0) is 24.3. The molecule has 1 aromatic carbocycles. The van der Waals surface area contributed by atoms with Crippen molar-refractivity contribution in [3.8, 4) is 16.3 Å². The highest BCUT2D eigenvalue weighted by Crippen LogP contribution is 2.37. The second-order valence-electron chi connectivity index (χ2n) is 8.76. The van der Waals surface area contributed by atoms with E-state index < -0.39 is 10.0 Å². The van der Waals surface area contributed by atoms with E-state index in [1.165, 1.54) is 44.1 Å². The predicted octanol–water partition coefficient (Wildman–Crippen LogP) is 6.21. The van der Waals surface area contributed by atoms with Crippen molar-refractivity contribution in [3.05, 3.63) is 47.2 Å². The van der Waals surface area contributed by atoms with E-state index in [4.69, 9.17) is 16.3 Å². The largest absolute Gasteiger partial charge is 0.480 e. The SMILES string of the molecule is COc1ncc(-c2sc(NCC3CCC(C)CC3)nc2C)cc1S(=O)(=O)Nc1ccccc1Cl. The van der Waals surface area contributed by atoms with Crippen LogP contribution in [0.3, 0.4) is 0 Å². The quantitative estimate of drug-likeness (QED) is 0.366. The number of aryl methyl sites for hydroxylation is 1. The van der Waals surface area contributed by atoms with Gasteiger partial charge in [-0.25, -0.2) is 18.4 Å². The molecule has 34 heavy (non-hydrogen) atoms. The van der Waals surface area contributed by atoms with E-state index >= 15 is 0 Å². The highest BCUT2D eigenvalue weighted by atomic mass is 35.5. The summed E-state index contributed by atoms with van der Waals surface area (Å²) in [5.41, 5.74) is 1.77. The van der Waals surface area contributed by atoms with Gasteiger partial charge in [0, 0.05) is 18.3 Å². The number of aromatic nitrogens is 2. The van der Waals surface area contributed by atoms with Gasteiger partial charge in [0.15, 0.2) is 5.13 Å². The van der Waals surface area contributed by atoms with Gasteiger partial charge in [-0.15, -0.1) is 0 Å². The molecule has 4 rings (SSSR count). The number of benzene rings is 1. The molecule has 1 fully saturated rings. The summed E-state index contributed by atoms with van der Waals surface area (Å²) >= 11 is 7.65. The van der Waals surface area contributed by atoms with Crippen molar-refractivity contribution in [2.45, 2.75) is 44.4 Å². The van der Waals surface area contributed by atoms with Crippen LogP contribution in [-0.4, -0.2) is 32.0 Å². The van der Waals surface area contributed by atoms with E-state index in [0.717, 1.165) is 28.2 Å². The molecule has 0 aliphatic heterocycles. The Morgan fingerprint density at radius 1 is 1.21 bits per heavy atom. The average Bonchev–Trinajstić information content (AvgIpc) is 3.20. The van der Waals surface area contributed by atoms with Gasteiger partial charge in [-0.3, -0.25) is 4.72 Å². The van der Waals surface area contributed by atoms with Crippen molar-refractivity contribution in [2.75, 3.05) is 23.7 Å². The molecule has 10 heteroatoms. The summed E-state index contributed by atoms with van der Waals surface area (Å²) in [5, 5.41) is 4.62. The van der Waals surface area contributed by atoms with Crippen LogP contribution in [0.1, 0.15) is 38.3 Å². The molecule has 7 nitrogen and oxygen atoms in total. The number of para-hydroxylation sites is 1. The summed E-state index contributed by atoms with van der Waals surface area (Å²) in [5.74, 6) is 1.50. The summed E-state index contributed by atoms with van der Waals surface area (Å²) in [6, 6.07) is 8.22. The summed E-state index contributed by atoms with van der Waals surface area (Å²) in [6.45, 7) is 5.14. The van der Waals surface area contributed by atoms with Gasteiger partial charge in [0.05, 0.1) is 28.4 Å². The lowest BCUT2D eigenvalue weighted by Crippen LogP contribution is -2.20. The molecule has 1 aliphatic rings. The maximum Gasteiger partial charge on any atom is 0.267 e. The first-order chi connectivity index (χ1) is 16.3. The fourth-order valence-corrected chi connectivity index (χ4v) is 6.57. The minimum absolute atomic E-state index is 0.00958. The second-order valence-corrected chi connectivity index (χ2v) is 11.8. The molecule has 0 unspecified atom stereocenters. The molecule has 2 aromatic heterocycles. The van der Waals surface area contributed by atoms with E-state index in [0.29, 0.717) is 16.5 Å². The van der Waals surface area contributed by atoms with Crippen molar-refractivity contribution in [1.82, 2.24) is 9.97 Å². The third-order valence-electron chi connectivity index (χ3n) is 6.16. The number of anilines is 2. The van der Waals surface area contributed by atoms with Gasteiger partial charge in [-0.05, 0) is 49.8 Å². The third-order valence-corrected chi connectivity index (χ3v) is 9.01. The smallest absolute Gasteiger partial charge is 0.267 e. The molecule has 1 saturated carbocycles. The molecule has 3 aromatic rings. The van der Waals surface area contributed by atoms with E-state index in [2.05, 4.69) is 26.9 Å². The Morgan fingerprint density at radius 3 is 2.65 bits per heavy atom. The van der Waals surface area contributed by atoms with Gasteiger partial charge in [-0.2, -0.15) is 0 Å². The standard InChI is InChI=1S/C24H29ClN4O3S2/c1-15-8-10-17(11-9-15)13-27-24-28-16(2)22(33-24)18-12-21(23(32-3)26-14-18)34(30,31)29-20-7-5-4-6-19(20)25/h4-7,12,14-15,17,29H,8-11,13H2,1-3H3,(H,27,28). The minimum atomic E-state index is -4.00. The van der Waals surface area contributed by atoms with E-state index in [9.17, 15) is 8.42 Å². The molecule has 2 heterocycles. The summed E-state index contributed by atoms with van der Waals surface area (Å²) < 4.78 is 34.2. The molecule has 0 atom stereocenters. The number of nitrogens with zero attached hydrogens (tertiary/aromatic N) is 2. The lowest BCUT2D eigenvalue weighted by Gasteiger charge is -2.26. The van der Waals surface area contributed by atoms with Crippen LogP contribution < -0.4 is 14.8 Å². The van der Waals surface area contributed by atoms with Gasteiger partial charge >= 0.3 is 0 Å². The molecule has 0 radical (unpaired) electrons. The highest BCUT2D eigenvalue weighted by Gasteiger charge is 2.24. The topological polar surface area (TPSA) is 93.2 Å². The first kappa shape index (κ1) is 24.8. The van der Waals surface area contributed by atoms with E-state index in [-0.39, 0.29) is 16.5 Å². The van der Waals surface area contributed by atoms with Crippen LogP contribution >= 0.6 is 22.9 Å². The maximum absolute atomic E-state index is 13.2. The molecule has 0 spiro atoms. The second kappa shape index (κ2) is 10.5. The number of sulfonamides is 1. The molecular weight excluding hydrogens is 492 g/mol. The number of hydrogen-bond acceptors (Lipinski definition) is 7. The third kappa shape index (κ3) is 5.64. The average molecular weight is 521 g/mol. The Morgan fingerprint density at radius 2 is 1.94 bits per heavy atom. The van der Waals surface area contributed by atoms with Crippen LogP contribution in [0, 0.1) is 18.8 Å². The number of pyridine rings is 1. The fraction of sp³-hybridized carbons (Fsp3) is 0.417. The normalized spacial score (nSPS) is 18.5. The van der Waals surface area contributed by atoms with Gasteiger partial charge in [0.2, 0.25) is 5.88 Å². The number of ether oxygens (including phenoxy) is 1. The van der Waals surface area contributed by atoms with Crippen LogP contribution in [0.2, 0.25) is 5.02 Å². The number of hydrogen-bond donors (Lipinski definition) is 2. The van der Waals surface area contributed by atoms with Gasteiger partial charge in [0.1, 0.15) is 4.90 Å². The molecule has 2 N–H and O–H groups in total. The van der Waals surface area contributed by atoms with Gasteiger partial charge in [0.25, 0.3) is 10.0 Å². The van der Waals surface area contributed by atoms with Gasteiger partial charge in [-0.1, -0.05) is 54.8 Å². The molecule has 1 aliphatic carbocycles. The molecule has 0 amide bonds. The zero-order valence-corrected chi connectivity index (χ0v) is 21.9. The van der Waals surface area contributed by atoms with Crippen LogP contribution in [0.15, 0.2) is 41.4 Å². The lowest BCUT2D eigenvalue weighted by atomic mass is 9.83. The Bertz CT molecular complexity index is 1250. The first-order valence-corrected chi connectivity index (χ1v) is 14.0. The summed E-state index contributed by atoms with van der Waals surface area (Å²) in [7, 11) is -2.61. The lowest BCUT2D eigenvalue weighted by molar-refractivity contribution is 0.300. The predicted molar refractivity (Wildman–Crippen MR) is 139 cm³/mol. The number of thiazole rings is 1. The number of rotatable bonds is 8. The Balaban J connectivity index is 1.57. The van der Waals surface area contributed by atoms with E-state index in [1.807, 2.05) is 6.92 Å². The molecule has 182 valence electrons. The number of methoxy groups -OCH3 is 1. The Kier molecular flexibility index (Phi) is 7.64. The van der Waals surface area contributed by atoms with Crippen molar-refractivity contribution in [1.29, 1.82) is 0 Å². The van der Waals surface area contributed by atoms with Crippen molar-refractivity contribution in [3.63, 3.8) is 0 Å². The van der Waals surface area contributed by atoms with Crippen molar-refractivity contribution >= 4 is 43.8 Å². The van der Waals surface area contributed by atoms with Crippen molar-refractivity contribution in [2.24, 2.45) is 11.8 Å². The summed E-state index contributed by atoms with van der Waals surface area (Å²) in [4.78, 5) is 9.73. The monoisotopic (exact) mass is 520 g/mol. The van der Waals surface area contributed by atoms with Crippen LogP contribution in [0.4, 0.5) is 10.8 Å². The summed E-state index contributed by atoms with van der Waals surface area (Å²) in [6.07, 6.45) is 6.66. The first-order valence-electron chi connectivity index (χ1n) is 11.3. The highest BCUT2D eigenvalue weighted by molar-refractivity contribution is 7.92. The maximum atomic E-state index is 13.2. The Hall–Kier alpha value is -2.36. The molecular formula is C24H29ClN4O3S2. The molecule has 0 bridgehead atoms. The molecule has 0 saturated heterocycles. The zero-order valence-electron chi connectivity index (χ0n) is 19.5. The Labute approximate surface area is 210 Å². The van der Waals surface area contributed by atoms with Crippen LogP contribution in [-0.2, 0) is 10.0 Å². The van der Waals surface area contributed by atoms with Crippen molar-refractivity contribution < 1.29 is 13.2 Å². The fourth-order valence-electron chi connectivity index (χ4n) is 4.15. The van der Waals surface area contributed by atoms with Crippen LogP contribution in [0.25, 0.3) is 10.4 Å². The number of halogens is 1. The minimum Gasteiger partial charge on any atom is -0.480 e. The van der Waals surface area contributed by atoms with Gasteiger partial charge < -0.3 is 10.1 Å². The van der Waals surface area contributed by atoms with E-state index in [1.54, 1.807) is 36.5 Å². The van der Waals surface area contributed by atoms with Crippen LogP contribution in [0.5, 0.6) is 5.88 Å².